The molecule has 0 saturated heterocycles. The Bertz CT molecular complexity index is 599. The molecule has 0 aliphatic rings. The highest BCUT2D eigenvalue weighted by atomic mass is 16.5. The Labute approximate surface area is 98.9 Å². The number of hydrogen-bond acceptors (Lipinski definition) is 4. The summed E-state index contributed by atoms with van der Waals surface area (Å²) in [6.45, 7) is 0.0360. The Balaban J connectivity index is 2.58. The summed E-state index contributed by atoms with van der Waals surface area (Å²) >= 11 is 0. The quantitative estimate of drug-likeness (QED) is 0.493. The summed E-state index contributed by atoms with van der Waals surface area (Å²) in [6, 6.07) is 13.4. The topological polar surface area (TPSA) is 71.4 Å². The minimum absolute atomic E-state index is 0.0360. The van der Waals surface area contributed by atoms with Crippen molar-refractivity contribution in [1.29, 1.82) is 5.26 Å². The van der Waals surface area contributed by atoms with Crippen molar-refractivity contribution in [3.63, 3.8) is 0 Å². The Morgan fingerprint density at radius 1 is 1.24 bits per heavy atom. The smallest absolute Gasteiger partial charge is 0.174 e. The van der Waals surface area contributed by atoms with Crippen LogP contribution in [0.2, 0.25) is 0 Å². The Hall–Kier alpha value is -2.54. The van der Waals surface area contributed by atoms with Crippen molar-refractivity contribution in [3.05, 3.63) is 42.0 Å². The van der Waals surface area contributed by atoms with Crippen LogP contribution >= 0.6 is 0 Å². The zero-order valence-electron chi connectivity index (χ0n) is 9.13. The maximum absolute atomic E-state index is 8.53. The molecule has 0 heterocycles. The lowest BCUT2D eigenvalue weighted by atomic mass is 10.0. The summed E-state index contributed by atoms with van der Waals surface area (Å²) in [6.07, 6.45) is 1.59. The second-order valence-corrected chi connectivity index (χ2v) is 3.42. The molecule has 0 atom stereocenters. The van der Waals surface area contributed by atoms with E-state index in [1.807, 2.05) is 42.5 Å². The summed E-state index contributed by atoms with van der Waals surface area (Å²) in [5.41, 5.74) is 0.924. The van der Waals surface area contributed by atoms with Crippen LogP contribution in [0.3, 0.4) is 0 Å². The number of nitriles is 1. The van der Waals surface area contributed by atoms with Gasteiger partial charge in [0.25, 0.3) is 0 Å². The van der Waals surface area contributed by atoms with Gasteiger partial charge in [-0.15, -0.1) is 0 Å². The standard InChI is InChI=1S/C13H11N3O/c14-7-8-17-13-6-5-10(9-16-15)11-3-1-2-4-12(11)13/h1-6,9H,8,15H2. The van der Waals surface area contributed by atoms with Gasteiger partial charge >= 0.3 is 0 Å². The zero-order chi connectivity index (χ0) is 12.1. The first kappa shape index (κ1) is 11.0. The van der Waals surface area contributed by atoms with E-state index in [9.17, 15) is 0 Å². The molecule has 0 aliphatic heterocycles. The molecule has 2 aromatic rings. The van der Waals surface area contributed by atoms with Crippen LogP contribution < -0.4 is 10.6 Å². The third-order valence-electron chi connectivity index (χ3n) is 2.42. The number of hydrazone groups is 1. The van der Waals surface area contributed by atoms with Crippen LogP contribution in [0, 0.1) is 11.3 Å². The third-order valence-corrected chi connectivity index (χ3v) is 2.42. The van der Waals surface area contributed by atoms with Crippen molar-refractivity contribution in [2.45, 2.75) is 0 Å². The number of fused-ring (bicyclic) bond motifs is 1. The van der Waals surface area contributed by atoms with Gasteiger partial charge in [-0.1, -0.05) is 24.3 Å². The molecular formula is C13H11N3O. The molecular weight excluding hydrogens is 214 g/mol. The molecule has 0 unspecified atom stereocenters. The number of nitrogens with two attached hydrogens (primary N) is 1. The number of nitrogens with zero attached hydrogens (tertiary/aromatic N) is 2. The number of ether oxygens (including phenoxy) is 1. The molecule has 0 saturated carbocycles. The van der Waals surface area contributed by atoms with Crippen LogP contribution in [0.5, 0.6) is 5.75 Å². The maximum atomic E-state index is 8.53. The zero-order valence-corrected chi connectivity index (χ0v) is 9.13. The van der Waals surface area contributed by atoms with Crippen LogP contribution in [0.25, 0.3) is 10.8 Å². The van der Waals surface area contributed by atoms with E-state index >= 15 is 0 Å². The van der Waals surface area contributed by atoms with E-state index in [1.54, 1.807) is 6.21 Å². The first-order chi connectivity index (χ1) is 8.36. The largest absolute Gasteiger partial charge is 0.478 e. The summed E-state index contributed by atoms with van der Waals surface area (Å²) in [7, 11) is 0. The fourth-order valence-corrected chi connectivity index (χ4v) is 1.72. The van der Waals surface area contributed by atoms with E-state index in [-0.39, 0.29) is 6.61 Å². The second kappa shape index (κ2) is 4.99. The van der Waals surface area contributed by atoms with E-state index in [1.165, 1.54) is 0 Å². The summed E-state index contributed by atoms with van der Waals surface area (Å²) in [5, 5.41) is 14.0. The molecule has 84 valence electrons. The molecule has 0 radical (unpaired) electrons. The number of benzene rings is 2. The van der Waals surface area contributed by atoms with Crippen LogP contribution in [-0.2, 0) is 0 Å². The van der Waals surface area contributed by atoms with E-state index < -0.39 is 0 Å². The maximum Gasteiger partial charge on any atom is 0.174 e. The van der Waals surface area contributed by atoms with E-state index in [2.05, 4.69) is 5.10 Å². The summed E-state index contributed by atoms with van der Waals surface area (Å²) in [4.78, 5) is 0. The molecule has 4 heteroatoms. The van der Waals surface area contributed by atoms with Crippen molar-refractivity contribution in [2.24, 2.45) is 10.9 Å². The lowest BCUT2D eigenvalue weighted by Crippen LogP contribution is -1.96. The first-order valence-corrected chi connectivity index (χ1v) is 5.11. The van der Waals surface area contributed by atoms with Crippen molar-refractivity contribution in [1.82, 2.24) is 0 Å². The highest BCUT2D eigenvalue weighted by Gasteiger charge is 2.04. The van der Waals surface area contributed by atoms with Gasteiger partial charge in [0.05, 0.1) is 6.21 Å². The fraction of sp³-hybridized carbons (Fsp3) is 0.0769. The van der Waals surface area contributed by atoms with Gasteiger partial charge in [0, 0.05) is 10.9 Å². The average Bonchev–Trinajstić information content (AvgIpc) is 2.38. The van der Waals surface area contributed by atoms with Crippen molar-refractivity contribution >= 4 is 17.0 Å². The van der Waals surface area contributed by atoms with Crippen molar-refractivity contribution in [2.75, 3.05) is 6.61 Å². The van der Waals surface area contributed by atoms with Gasteiger partial charge < -0.3 is 10.6 Å². The van der Waals surface area contributed by atoms with Gasteiger partial charge in [-0.3, -0.25) is 0 Å². The minimum atomic E-state index is 0.0360. The first-order valence-electron chi connectivity index (χ1n) is 5.11. The van der Waals surface area contributed by atoms with Crippen LogP contribution in [0.1, 0.15) is 5.56 Å². The molecule has 0 aromatic heterocycles. The lowest BCUT2D eigenvalue weighted by Gasteiger charge is -2.08. The molecule has 0 aliphatic carbocycles. The number of hydrogen-bond donors (Lipinski definition) is 1. The molecule has 2 aromatic carbocycles. The molecule has 2 rings (SSSR count). The Kier molecular flexibility index (Phi) is 3.22. The third kappa shape index (κ3) is 2.18. The molecule has 2 N–H and O–H groups in total. The Morgan fingerprint density at radius 2 is 2.00 bits per heavy atom. The average molecular weight is 225 g/mol. The SMILES string of the molecule is N#CCOc1ccc(C=NN)c2ccccc12. The normalized spacial score (nSPS) is 10.5. The van der Waals surface area contributed by atoms with Crippen LogP contribution in [0.4, 0.5) is 0 Å². The highest BCUT2D eigenvalue weighted by Crippen LogP contribution is 2.27. The van der Waals surface area contributed by atoms with Crippen molar-refractivity contribution in [3.8, 4) is 11.8 Å². The van der Waals surface area contributed by atoms with E-state index in [0.29, 0.717) is 5.75 Å². The predicted molar refractivity (Wildman–Crippen MR) is 66.8 cm³/mol. The van der Waals surface area contributed by atoms with Crippen molar-refractivity contribution < 1.29 is 4.74 Å². The number of rotatable bonds is 3. The van der Waals surface area contributed by atoms with Gasteiger partial charge in [0.15, 0.2) is 6.61 Å². The van der Waals surface area contributed by atoms with Gasteiger partial charge in [-0.25, -0.2) is 0 Å². The van der Waals surface area contributed by atoms with E-state index in [0.717, 1.165) is 16.3 Å². The molecule has 0 fully saturated rings. The van der Waals surface area contributed by atoms with Gasteiger partial charge in [-0.2, -0.15) is 10.4 Å². The van der Waals surface area contributed by atoms with Crippen LogP contribution in [-0.4, -0.2) is 12.8 Å². The monoisotopic (exact) mass is 225 g/mol. The predicted octanol–water partition coefficient (Wildman–Crippen LogP) is 2.03. The summed E-state index contributed by atoms with van der Waals surface area (Å²) in [5.74, 6) is 5.86. The van der Waals surface area contributed by atoms with Gasteiger partial charge in [0.2, 0.25) is 0 Å². The fourth-order valence-electron chi connectivity index (χ4n) is 1.72. The molecule has 0 amide bonds. The minimum Gasteiger partial charge on any atom is -0.478 e. The van der Waals surface area contributed by atoms with Crippen LogP contribution in [0.15, 0.2) is 41.5 Å². The summed E-state index contributed by atoms with van der Waals surface area (Å²) < 4.78 is 5.36. The van der Waals surface area contributed by atoms with Gasteiger partial charge in [-0.05, 0) is 17.5 Å². The highest BCUT2D eigenvalue weighted by molar-refractivity contribution is 6.02. The molecule has 0 spiro atoms. The second-order valence-electron chi connectivity index (χ2n) is 3.42. The lowest BCUT2D eigenvalue weighted by molar-refractivity contribution is 0.372. The van der Waals surface area contributed by atoms with E-state index in [4.69, 9.17) is 15.8 Å². The molecule has 4 nitrogen and oxygen atoms in total. The molecule has 0 bridgehead atoms. The molecule has 17 heavy (non-hydrogen) atoms. The Morgan fingerprint density at radius 3 is 2.71 bits per heavy atom. The van der Waals surface area contributed by atoms with Gasteiger partial charge in [0.1, 0.15) is 11.8 Å².